The Balaban J connectivity index is 2.07. The van der Waals surface area contributed by atoms with Crippen molar-refractivity contribution in [3.05, 3.63) is 59.9 Å². The Bertz CT molecular complexity index is 523. The summed E-state index contributed by atoms with van der Waals surface area (Å²) in [5, 5.41) is 9.18. The van der Waals surface area contributed by atoms with Crippen molar-refractivity contribution < 1.29 is 9.90 Å². The van der Waals surface area contributed by atoms with Gasteiger partial charge in [0.15, 0.2) is 0 Å². The predicted octanol–water partition coefficient (Wildman–Crippen LogP) is 2.06. The maximum atomic E-state index is 12.1. The fourth-order valence-corrected chi connectivity index (χ4v) is 1.63. The molecule has 1 heterocycles. The van der Waals surface area contributed by atoms with E-state index < -0.39 is 0 Å². The normalized spacial score (nSPS) is 10.1. The molecule has 0 spiro atoms. The van der Waals surface area contributed by atoms with E-state index in [4.69, 9.17) is 0 Å². The summed E-state index contributed by atoms with van der Waals surface area (Å²) >= 11 is 0. The van der Waals surface area contributed by atoms with Gasteiger partial charge in [0.1, 0.15) is 5.75 Å². The molecule has 0 aliphatic heterocycles. The Morgan fingerprint density at radius 1 is 1.22 bits per heavy atom. The number of hydrogen-bond donors (Lipinski definition) is 1. The molecule has 0 radical (unpaired) electrons. The van der Waals surface area contributed by atoms with Crippen LogP contribution in [0.15, 0.2) is 48.7 Å². The summed E-state index contributed by atoms with van der Waals surface area (Å²) in [6.45, 7) is 0.459. The second kappa shape index (κ2) is 5.31. The van der Waals surface area contributed by atoms with Crippen LogP contribution < -0.4 is 0 Å². The molecule has 0 aliphatic carbocycles. The Labute approximate surface area is 106 Å². The lowest BCUT2D eigenvalue weighted by molar-refractivity contribution is 0.0783. The molecule has 4 heteroatoms. The van der Waals surface area contributed by atoms with Gasteiger partial charge in [0.25, 0.3) is 5.91 Å². The Morgan fingerprint density at radius 3 is 2.56 bits per heavy atom. The molecule has 0 atom stereocenters. The molecule has 1 aromatic heterocycles. The number of rotatable bonds is 3. The lowest BCUT2D eigenvalue weighted by atomic mass is 10.2. The number of hydrogen-bond acceptors (Lipinski definition) is 3. The Morgan fingerprint density at radius 2 is 1.94 bits per heavy atom. The van der Waals surface area contributed by atoms with E-state index in [9.17, 15) is 9.90 Å². The molecule has 1 N–H and O–H groups in total. The van der Waals surface area contributed by atoms with Crippen molar-refractivity contribution in [3.8, 4) is 5.75 Å². The zero-order valence-electron chi connectivity index (χ0n) is 10.1. The minimum absolute atomic E-state index is 0.0966. The molecule has 1 aromatic carbocycles. The number of phenolic OH excluding ortho intramolecular Hbond substituents is 1. The van der Waals surface area contributed by atoms with Gasteiger partial charge in [-0.25, -0.2) is 0 Å². The first-order valence-corrected chi connectivity index (χ1v) is 5.61. The number of carbonyl (C=O) groups excluding carboxylic acids is 1. The summed E-state index contributed by atoms with van der Waals surface area (Å²) in [5.41, 5.74) is 1.39. The highest BCUT2D eigenvalue weighted by Crippen LogP contribution is 2.12. The number of amides is 1. The highest BCUT2D eigenvalue weighted by molar-refractivity contribution is 5.94. The van der Waals surface area contributed by atoms with Crippen LogP contribution in [-0.4, -0.2) is 27.9 Å². The van der Waals surface area contributed by atoms with Crippen LogP contribution in [0.1, 0.15) is 16.1 Å². The van der Waals surface area contributed by atoms with Gasteiger partial charge < -0.3 is 10.0 Å². The van der Waals surface area contributed by atoms with Crippen LogP contribution in [0.5, 0.6) is 5.75 Å². The number of aromatic nitrogens is 1. The summed E-state index contributed by atoms with van der Waals surface area (Å²) in [6, 6.07) is 11.8. The van der Waals surface area contributed by atoms with E-state index in [1.807, 2.05) is 18.2 Å². The van der Waals surface area contributed by atoms with Gasteiger partial charge in [-0.15, -0.1) is 0 Å². The smallest absolute Gasteiger partial charge is 0.253 e. The largest absolute Gasteiger partial charge is 0.508 e. The molecule has 4 nitrogen and oxygen atoms in total. The van der Waals surface area contributed by atoms with Crippen molar-refractivity contribution in [1.29, 1.82) is 0 Å². The summed E-state index contributed by atoms with van der Waals surface area (Å²) in [6.07, 6.45) is 1.70. The number of benzene rings is 1. The second-order valence-corrected chi connectivity index (χ2v) is 4.03. The fourth-order valence-electron chi connectivity index (χ4n) is 1.63. The van der Waals surface area contributed by atoms with Crippen molar-refractivity contribution in [2.75, 3.05) is 7.05 Å². The molecule has 2 rings (SSSR count). The Hall–Kier alpha value is -2.36. The van der Waals surface area contributed by atoms with Crippen LogP contribution in [0.2, 0.25) is 0 Å². The zero-order valence-corrected chi connectivity index (χ0v) is 10.1. The standard InChI is InChI=1S/C14H14N2O2/c1-16(10-12-4-2-3-9-15-12)14(18)11-5-7-13(17)8-6-11/h2-9,17H,10H2,1H3. The molecule has 0 unspecified atom stereocenters. The van der Waals surface area contributed by atoms with E-state index in [0.717, 1.165) is 5.69 Å². The predicted molar refractivity (Wildman–Crippen MR) is 68.1 cm³/mol. The summed E-state index contributed by atoms with van der Waals surface area (Å²) in [5.74, 6) is 0.0552. The van der Waals surface area contributed by atoms with E-state index >= 15 is 0 Å². The minimum Gasteiger partial charge on any atom is -0.508 e. The molecular weight excluding hydrogens is 228 g/mol. The van der Waals surface area contributed by atoms with Crippen LogP contribution in [0.25, 0.3) is 0 Å². The van der Waals surface area contributed by atoms with Gasteiger partial charge >= 0.3 is 0 Å². The highest BCUT2D eigenvalue weighted by atomic mass is 16.3. The number of aromatic hydroxyl groups is 1. The SMILES string of the molecule is CN(Cc1ccccn1)C(=O)c1ccc(O)cc1. The topological polar surface area (TPSA) is 53.4 Å². The second-order valence-electron chi connectivity index (χ2n) is 4.03. The van der Waals surface area contributed by atoms with Crippen LogP contribution in [0.4, 0.5) is 0 Å². The molecular formula is C14H14N2O2. The molecule has 2 aromatic rings. The molecule has 0 aliphatic rings. The van der Waals surface area contributed by atoms with Gasteiger partial charge in [0, 0.05) is 18.8 Å². The Kier molecular flexibility index (Phi) is 3.57. The average molecular weight is 242 g/mol. The van der Waals surface area contributed by atoms with Gasteiger partial charge in [-0.05, 0) is 36.4 Å². The number of nitrogens with zero attached hydrogens (tertiary/aromatic N) is 2. The molecule has 18 heavy (non-hydrogen) atoms. The summed E-state index contributed by atoms with van der Waals surface area (Å²) in [7, 11) is 1.73. The lowest BCUT2D eigenvalue weighted by Crippen LogP contribution is -2.26. The zero-order chi connectivity index (χ0) is 13.0. The molecule has 0 saturated carbocycles. The number of phenols is 1. The molecule has 1 amide bonds. The summed E-state index contributed by atoms with van der Waals surface area (Å²) < 4.78 is 0. The van der Waals surface area contributed by atoms with Crippen LogP contribution in [0.3, 0.4) is 0 Å². The monoisotopic (exact) mass is 242 g/mol. The van der Waals surface area contributed by atoms with Gasteiger partial charge in [-0.1, -0.05) is 6.07 Å². The minimum atomic E-state index is -0.0966. The average Bonchev–Trinajstić information content (AvgIpc) is 2.40. The maximum Gasteiger partial charge on any atom is 0.253 e. The van der Waals surface area contributed by atoms with Crippen molar-refractivity contribution in [3.63, 3.8) is 0 Å². The first-order valence-electron chi connectivity index (χ1n) is 5.61. The first-order chi connectivity index (χ1) is 8.66. The first kappa shape index (κ1) is 12.1. The van der Waals surface area contributed by atoms with E-state index in [0.29, 0.717) is 12.1 Å². The van der Waals surface area contributed by atoms with Gasteiger partial charge in [-0.3, -0.25) is 9.78 Å². The van der Waals surface area contributed by atoms with Gasteiger partial charge in [0.05, 0.1) is 12.2 Å². The van der Waals surface area contributed by atoms with E-state index in [-0.39, 0.29) is 11.7 Å². The third-order valence-corrected chi connectivity index (χ3v) is 2.59. The van der Waals surface area contributed by atoms with E-state index in [1.54, 1.807) is 30.3 Å². The van der Waals surface area contributed by atoms with Gasteiger partial charge in [-0.2, -0.15) is 0 Å². The number of pyridine rings is 1. The molecule has 0 fully saturated rings. The van der Waals surface area contributed by atoms with Crippen LogP contribution in [-0.2, 0) is 6.54 Å². The van der Waals surface area contributed by atoms with Crippen LogP contribution >= 0.6 is 0 Å². The molecule has 92 valence electrons. The fraction of sp³-hybridized carbons (Fsp3) is 0.143. The lowest BCUT2D eigenvalue weighted by Gasteiger charge is -2.16. The highest BCUT2D eigenvalue weighted by Gasteiger charge is 2.12. The maximum absolute atomic E-state index is 12.1. The number of carbonyl (C=O) groups is 1. The van der Waals surface area contributed by atoms with E-state index in [1.165, 1.54) is 12.1 Å². The third kappa shape index (κ3) is 2.85. The summed E-state index contributed by atoms with van der Waals surface area (Å²) in [4.78, 5) is 17.8. The quantitative estimate of drug-likeness (QED) is 0.896. The van der Waals surface area contributed by atoms with E-state index in [2.05, 4.69) is 4.98 Å². The molecule has 0 bridgehead atoms. The van der Waals surface area contributed by atoms with Crippen molar-refractivity contribution in [1.82, 2.24) is 9.88 Å². The van der Waals surface area contributed by atoms with Crippen LogP contribution in [0, 0.1) is 0 Å². The van der Waals surface area contributed by atoms with Crippen molar-refractivity contribution >= 4 is 5.91 Å². The van der Waals surface area contributed by atoms with Gasteiger partial charge in [0.2, 0.25) is 0 Å². The van der Waals surface area contributed by atoms with Crippen molar-refractivity contribution in [2.45, 2.75) is 6.54 Å². The molecule has 0 saturated heterocycles. The van der Waals surface area contributed by atoms with Crippen molar-refractivity contribution in [2.24, 2.45) is 0 Å². The third-order valence-electron chi connectivity index (χ3n) is 2.59.